The Morgan fingerprint density at radius 3 is 2.03 bits per heavy atom. The first kappa shape index (κ1) is 22.7. The molecule has 1 amide bonds. The summed E-state index contributed by atoms with van der Waals surface area (Å²) in [5, 5.41) is 3.98. The summed E-state index contributed by atoms with van der Waals surface area (Å²) in [6.45, 7) is -0.505. The number of benzene rings is 3. The van der Waals surface area contributed by atoms with E-state index in [0.717, 1.165) is 4.31 Å². The van der Waals surface area contributed by atoms with Crippen LogP contribution in [0.2, 0.25) is 20.1 Å². The van der Waals surface area contributed by atoms with Crippen molar-refractivity contribution in [3.63, 3.8) is 0 Å². The van der Waals surface area contributed by atoms with Crippen LogP contribution in [0.1, 0.15) is 0 Å². The zero-order valence-corrected chi connectivity index (χ0v) is 19.0. The fourth-order valence-corrected chi connectivity index (χ4v) is 4.89. The summed E-state index contributed by atoms with van der Waals surface area (Å²) in [6, 6.07) is 16.4. The molecule has 0 aromatic heterocycles. The van der Waals surface area contributed by atoms with Gasteiger partial charge >= 0.3 is 0 Å². The van der Waals surface area contributed by atoms with Gasteiger partial charge in [0.1, 0.15) is 6.54 Å². The lowest BCUT2D eigenvalue weighted by Gasteiger charge is -2.24. The van der Waals surface area contributed by atoms with Crippen LogP contribution < -0.4 is 9.62 Å². The predicted molar refractivity (Wildman–Crippen MR) is 123 cm³/mol. The summed E-state index contributed by atoms with van der Waals surface area (Å²) in [7, 11) is -4.09. The quantitative estimate of drug-likeness (QED) is 0.439. The van der Waals surface area contributed by atoms with E-state index in [1.807, 2.05) is 0 Å². The normalized spacial score (nSPS) is 11.2. The van der Waals surface area contributed by atoms with E-state index in [9.17, 15) is 13.2 Å². The summed E-state index contributed by atoms with van der Waals surface area (Å²) >= 11 is 23.8. The highest BCUT2D eigenvalue weighted by Gasteiger charge is 2.27. The number of sulfonamides is 1. The van der Waals surface area contributed by atoms with Gasteiger partial charge in [0.15, 0.2) is 0 Å². The van der Waals surface area contributed by atoms with Crippen molar-refractivity contribution in [2.24, 2.45) is 0 Å². The smallest absolute Gasteiger partial charge is 0.264 e. The third kappa shape index (κ3) is 5.59. The molecule has 0 aliphatic rings. The van der Waals surface area contributed by atoms with E-state index in [4.69, 9.17) is 46.4 Å². The Hall–Kier alpha value is -1.96. The molecule has 30 heavy (non-hydrogen) atoms. The van der Waals surface area contributed by atoms with Crippen molar-refractivity contribution in [3.8, 4) is 0 Å². The van der Waals surface area contributed by atoms with Crippen molar-refractivity contribution in [1.29, 1.82) is 0 Å². The van der Waals surface area contributed by atoms with Crippen LogP contribution in [0.4, 0.5) is 11.4 Å². The lowest BCUT2D eigenvalue weighted by Crippen LogP contribution is -2.38. The first-order valence-corrected chi connectivity index (χ1v) is 11.4. The maximum absolute atomic E-state index is 13.3. The van der Waals surface area contributed by atoms with Crippen molar-refractivity contribution in [1.82, 2.24) is 0 Å². The van der Waals surface area contributed by atoms with Gasteiger partial charge < -0.3 is 5.32 Å². The van der Waals surface area contributed by atoms with Gasteiger partial charge in [0, 0.05) is 25.8 Å². The zero-order valence-electron chi connectivity index (χ0n) is 15.2. The van der Waals surface area contributed by atoms with Gasteiger partial charge in [0.2, 0.25) is 5.91 Å². The molecule has 0 atom stereocenters. The first-order chi connectivity index (χ1) is 14.1. The number of nitrogens with one attached hydrogen (secondary N) is 1. The topological polar surface area (TPSA) is 66.5 Å². The summed E-state index contributed by atoms with van der Waals surface area (Å²) in [4.78, 5) is 12.7. The largest absolute Gasteiger partial charge is 0.324 e. The Morgan fingerprint density at radius 1 is 0.800 bits per heavy atom. The third-order valence-electron chi connectivity index (χ3n) is 3.93. The van der Waals surface area contributed by atoms with Gasteiger partial charge in [-0.15, -0.1) is 0 Å². The van der Waals surface area contributed by atoms with Crippen molar-refractivity contribution in [3.05, 3.63) is 86.8 Å². The molecule has 0 fully saturated rings. The summed E-state index contributed by atoms with van der Waals surface area (Å²) in [5.41, 5.74) is 0.573. The highest BCUT2D eigenvalue weighted by Crippen LogP contribution is 2.27. The molecule has 0 bridgehead atoms. The number of hydrogen-bond donors (Lipinski definition) is 1. The van der Waals surface area contributed by atoms with Gasteiger partial charge in [-0.25, -0.2) is 8.42 Å². The van der Waals surface area contributed by atoms with Gasteiger partial charge in [0.05, 0.1) is 10.6 Å². The minimum absolute atomic E-state index is 0.0227. The molecule has 0 spiro atoms. The van der Waals surface area contributed by atoms with Crippen molar-refractivity contribution in [2.45, 2.75) is 4.90 Å². The number of hydrogen-bond acceptors (Lipinski definition) is 3. The molecule has 0 aliphatic heterocycles. The molecule has 0 saturated carbocycles. The number of rotatable bonds is 6. The summed E-state index contributed by atoms with van der Waals surface area (Å²) in [5.74, 6) is -0.592. The molecule has 0 unspecified atom stereocenters. The summed E-state index contributed by atoms with van der Waals surface area (Å²) < 4.78 is 27.5. The first-order valence-electron chi connectivity index (χ1n) is 8.45. The lowest BCUT2D eigenvalue weighted by atomic mass is 10.3. The van der Waals surface area contributed by atoms with E-state index < -0.39 is 22.5 Å². The van der Waals surface area contributed by atoms with Gasteiger partial charge in [-0.2, -0.15) is 0 Å². The van der Waals surface area contributed by atoms with Crippen LogP contribution in [-0.4, -0.2) is 20.9 Å². The van der Waals surface area contributed by atoms with E-state index >= 15 is 0 Å². The third-order valence-corrected chi connectivity index (χ3v) is 6.64. The lowest BCUT2D eigenvalue weighted by molar-refractivity contribution is -0.114. The number of amides is 1. The highest BCUT2D eigenvalue weighted by molar-refractivity contribution is 7.92. The Morgan fingerprint density at radius 2 is 1.43 bits per heavy atom. The minimum atomic E-state index is -4.09. The number of halogens is 4. The van der Waals surface area contributed by atoms with Gasteiger partial charge in [-0.1, -0.05) is 52.5 Å². The van der Waals surface area contributed by atoms with Crippen LogP contribution in [-0.2, 0) is 14.8 Å². The van der Waals surface area contributed by atoms with Gasteiger partial charge in [-0.3, -0.25) is 9.10 Å². The van der Waals surface area contributed by atoms with Crippen LogP contribution in [0.3, 0.4) is 0 Å². The molecule has 1 N–H and O–H groups in total. The number of carbonyl (C=O) groups excluding carboxylic acids is 1. The average Bonchev–Trinajstić information content (AvgIpc) is 2.65. The maximum atomic E-state index is 13.3. The van der Waals surface area contributed by atoms with Crippen LogP contribution in [0.15, 0.2) is 71.6 Å². The molecular weight excluding hydrogens is 490 g/mol. The van der Waals surface area contributed by atoms with E-state index in [2.05, 4.69) is 5.32 Å². The van der Waals surface area contributed by atoms with Crippen LogP contribution in [0.5, 0.6) is 0 Å². The van der Waals surface area contributed by atoms with E-state index in [1.54, 1.807) is 18.2 Å². The molecule has 10 heteroatoms. The number of anilines is 2. The van der Waals surface area contributed by atoms with Crippen LogP contribution in [0.25, 0.3) is 0 Å². The second-order valence-corrected chi connectivity index (χ2v) is 9.76. The molecule has 0 aliphatic carbocycles. The number of carbonyl (C=O) groups is 1. The van der Waals surface area contributed by atoms with Crippen LogP contribution in [0, 0.1) is 0 Å². The van der Waals surface area contributed by atoms with E-state index in [0.29, 0.717) is 25.8 Å². The second-order valence-electron chi connectivity index (χ2n) is 6.15. The van der Waals surface area contributed by atoms with Crippen LogP contribution >= 0.6 is 46.4 Å². The SMILES string of the molecule is O=C(CN(c1cccc(Cl)c1)S(=O)(=O)c1ccc(Cl)cc1)Nc1cc(Cl)cc(Cl)c1. The minimum Gasteiger partial charge on any atom is -0.324 e. The Balaban J connectivity index is 1.95. The molecular formula is C20H14Cl4N2O3S. The monoisotopic (exact) mass is 502 g/mol. The zero-order chi connectivity index (χ0) is 21.9. The van der Waals surface area contributed by atoms with Gasteiger partial charge in [0.25, 0.3) is 10.0 Å². The van der Waals surface area contributed by atoms with Crippen molar-refractivity contribution in [2.75, 3.05) is 16.2 Å². The molecule has 0 saturated heterocycles. The Bertz CT molecular complexity index is 1160. The molecule has 3 rings (SSSR count). The molecule has 3 aromatic rings. The Kier molecular flexibility index (Phi) is 7.16. The molecule has 5 nitrogen and oxygen atoms in total. The maximum Gasteiger partial charge on any atom is 0.264 e. The number of nitrogens with zero attached hydrogens (tertiary/aromatic N) is 1. The molecule has 3 aromatic carbocycles. The van der Waals surface area contributed by atoms with E-state index in [1.165, 1.54) is 48.5 Å². The Labute approximate surface area is 194 Å². The van der Waals surface area contributed by atoms with E-state index in [-0.39, 0.29) is 10.6 Å². The second kappa shape index (κ2) is 9.45. The molecule has 156 valence electrons. The highest BCUT2D eigenvalue weighted by atomic mass is 35.5. The van der Waals surface area contributed by atoms with Crippen molar-refractivity contribution >= 4 is 73.7 Å². The van der Waals surface area contributed by atoms with Crippen molar-refractivity contribution < 1.29 is 13.2 Å². The van der Waals surface area contributed by atoms with Gasteiger partial charge in [-0.05, 0) is 60.7 Å². The predicted octanol–water partition coefficient (Wildman–Crippen LogP) is 6.13. The standard InChI is InChI=1S/C20H14Cl4N2O3S/c21-13-4-6-19(7-5-13)30(28,29)26(18-3-1-2-14(22)11-18)12-20(27)25-17-9-15(23)8-16(24)10-17/h1-11H,12H2,(H,25,27). The fraction of sp³-hybridized carbons (Fsp3) is 0.0500. The fourth-order valence-electron chi connectivity index (χ4n) is 2.64. The average molecular weight is 504 g/mol. The molecule has 0 radical (unpaired) electrons. The summed E-state index contributed by atoms with van der Waals surface area (Å²) in [6.07, 6.45) is 0. The molecule has 0 heterocycles.